The number of alkyl halides is 3. The van der Waals surface area contributed by atoms with Gasteiger partial charge in [0.25, 0.3) is 11.8 Å². The largest absolute Gasteiger partial charge is 0.493 e. The van der Waals surface area contributed by atoms with Crippen molar-refractivity contribution in [1.82, 2.24) is 14.5 Å². The summed E-state index contributed by atoms with van der Waals surface area (Å²) in [6.45, 7) is 8.48. The number of aryl methyl sites for hydroxylation is 2. The Balaban J connectivity index is 1.21. The second kappa shape index (κ2) is 15.2. The van der Waals surface area contributed by atoms with Gasteiger partial charge < -0.3 is 24.8 Å². The number of piperidine rings is 1. The first-order valence-electron chi connectivity index (χ1n) is 16.7. The number of nitrogens with one attached hydrogen (secondary N) is 1. The van der Waals surface area contributed by atoms with Crippen molar-refractivity contribution in [1.29, 1.82) is 0 Å². The number of aliphatic imine (C=N–C) groups is 1. The number of aliphatic hydroxyl groups is 1. The van der Waals surface area contributed by atoms with Crippen LogP contribution in [0.5, 0.6) is 5.75 Å². The molecule has 3 heterocycles. The average Bonchev–Trinajstić information content (AvgIpc) is 3.61. The predicted octanol–water partition coefficient (Wildman–Crippen LogP) is 3.86. The molecule has 0 aromatic heterocycles. The molecule has 0 radical (unpaired) electrons. The topological polar surface area (TPSA) is 138 Å². The van der Waals surface area contributed by atoms with Crippen LogP contribution in [0, 0.1) is 6.92 Å². The van der Waals surface area contributed by atoms with E-state index in [-0.39, 0.29) is 74.3 Å². The molecule has 3 aliphatic heterocycles. The van der Waals surface area contributed by atoms with Gasteiger partial charge in [0.05, 0.1) is 24.0 Å². The number of amides is 2. The Hall–Kier alpha value is -3.79. The summed E-state index contributed by atoms with van der Waals surface area (Å²) >= 11 is 0. The van der Waals surface area contributed by atoms with E-state index in [0.29, 0.717) is 25.1 Å². The molecule has 0 bridgehead atoms. The van der Waals surface area contributed by atoms with Gasteiger partial charge in [0.1, 0.15) is 23.2 Å². The number of nitrogens with zero attached hydrogens (tertiary/aromatic N) is 3. The Bertz CT molecular complexity index is 1740. The summed E-state index contributed by atoms with van der Waals surface area (Å²) in [5, 5.41) is 12.9. The van der Waals surface area contributed by atoms with Crippen molar-refractivity contribution in [2.75, 3.05) is 45.1 Å². The Morgan fingerprint density at radius 3 is 2.56 bits per heavy atom. The molecular weight excluding hydrogens is 677 g/mol. The van der Waals surface area contributed by atoms with Crippen LogP contribution in [0.3, 0.4) is 0 Å². The summed E-state index contributed by atoms with van der Waals surface area (Å²) < 4.78 is 80.2. The summed E-state index contributed by atoms with van der Waals surface area (Å²) in [5.41, 5.74) is -0.240. The molecule has 5 rings (SSSR count). The third-order valence-electron chi connectivity index (χ3n) is 9.30. The highest BCUT2D eigenvalue weighted by Crippen LogP contribution is 2.36. The highest BCUT2D eigenvalue weighted by atomic mass is 32.2. The van der Waals surface area contributed by atoms with Crippen molar-refractivity contribution in [3.63, 3.8) is 0 Å². The highest BCUT2D eigenvalue weighted by molar-refractivity contribution is 7.89. The van der Waals surface area contributed by atoms with Gasteiger partial charge >= 0.3 is 6.18 Å². The lowest BCUT2D eigenvalue weighted by Gasteiger charge is -2.34. The van der Waals surface area contributed by atoms with E-state index < -0.39 is 45.4 Å². The molecule has 2 amide bonds. The number of hydrogen-bond donors (Lipinski definition) is 2. The molecule has 15 heteroatoms. The maximum atomic E-state index is 13.7. The Kier molecular flexibility index (Phi) is 11.4. The minimum absolute atomic E-state index is 0.0160. The molecule has 1 spiro atoms. The van der Waals surface area contributed by atoms with Gasteiger partial charge in [0.2, 0.25) is 10.0 Å². The van der Waals surface area contributed by atoms with Gasteiger partial charge in [0.15, 0.2) is 0 Å². The first-order chi connectivity index (χ1) is 23.7. The molecule has 50 heavy (non-hydrogen) atoms. The highest BCUT2D eigenvalue weighted by Gasteiger charge is 2.48. The van der Waals surface area contributed by atoms with Gasteiger partial charge in [-0.3, -0.25) is 14.6 Å². The number of aliphatic hydroxyl groups excluding tert-OH is 1. The van der Waals surface area contributed by atoms with Gasteiger partial charge in [-0.25, -0.2) is 12.7 Å². The Morgan fingerprint density at radius 1 is 1.16 bits per heavy atom. The lowest BCUT2D eigenvalue weighted by Crippen LogP contribution is -2.50. The SMILES string of the molecule is C=CCCOc1cc(C2=NC3(CCN(S(=O)(=O)CCc4ccc(C(=O)N5C[C@H](OCCC)[C@@H](O)C5)cc4C)CC3)C(=O)N2)cc(C(F)(F)F)c1. The summed E-state index contributed by atoms with van der Waals surface area (Å²) in [5.74, 6) is -0.960. The first kappa shape index (κ1) is 37.5. The maximum Gasteiger partial charge on any atom is 0.416 e. The number of β-amino-alcohol motifs (C(OH)–C–C–N with tert-alkyl or cyclic N) is 1. The number of amidine groups is 1. The molecular formula is C35H43F3N4O7S. The fourth-order valence-corrected chi connectivity index (χ4v) is 7.86. The minimum Gasteiger partial charge on any atom is -0.493 e. The molecule has 0 aliphatic carbocycles. The number of likely N-dealkylation sites (tertiary alicyclic amines) is 1. The van der Waals surface area contributed by atoms with Crippen molar-refractivity contribution >= 4 is 27.7 Å². The van der Waals surface area contributed by atoms with Crippen molar-refractivity contribution < 1.29 is 45.8 Å². The van der Waals surface area contributed by atoms with E-state index in [9.17, 15) is 36.3 Å². The smallest absolute Gasteiger partial charge is 0.416 e. The molecule has 11 nitrogen and oxygen atoms in total. The zero-order valence-electron chi connectivity index (χ0n) is 28.2. The molecule has 272 valence electrons. The molecule has 3 aliphatic rings. The molecule has 0 saturated carbocycles. The predicted molar refractivity (Wildman–Crippen MR) is 181 cm³/mol. The van der Waals surface area contributed by atoms with E-state index in [1.165, 1.54) is 10.4 Å². The van der Waals surface area contributed by atoms with Gasteiger partial charge in [0, 0.05) is 43.9 Å². The van der Waals surface area contributed by atoms with Crippen molar-refractivity contribution in [3.8, 4) is 5.75 Å². The molecule has 2 N–H and O–H groups in total. The van der Waals surface area contributed by atoms with Crippen LogP contribution in [-0.2, 0) is 32.2 Å². The monoisotopic (exact) mass is 720 g/mol. The van der Waals surface area contributed by atoms with Crippen LogP contribution in [-0.4, -0.2) is 103 Å². The molecule has 2 aromatic rings. The van der Waals surface area contributed by atoms with E-state index in [0.717, 1.165) is 29.7 Å². The summed E-state index contributed by atoms with van der Waals surface area (Å²) in [6.07, 6.45) is -2.69. The fourth-order valence-electron chi connectivity index (χ4n) is 6.39. The van der Waals surface area contributed by atoms with Crippen LogP contribution >= 0.6 is 0 Å². The van der Waals surface area contributed by atoms with Crippen LogP contribution < -0.4 is 10.1 Å². The number of halogens is 3. The zero-order valence-corrected chi connectivity index (χ0v) is 29.0. The zero-order chi connectivity index (χ0) is 36.3. The van der Waals surface area contributed by atoms with Crippen LogP contribution in [0.2, 0.25) is 0 Å². The normalized spacial score (nSPS) is 21.0. The lowest BCUT2D eigenvalue weighted by molar-refractivity contribution is -0.137. The Morgan fingerprint density at radius 2 is 1.90 bits per heavy atom. The minimum atomic E-state index is -4.66. The van der Waals surface area contributed by atoms with Gasteiger partial charge in [-0.05, 0) is 80.5 Å². The average molecular weight is 721 g/mol. The van der Waals surface area contributed by atoms with Crippen LogP contribution in [0.1, 0.15) is 65.2 Å². The standard InChI is InChI=1S/C35H43F3N4O7S/c1-4-6-15-48-28-19-26(18-27(20-28)35(36,37)38)31-39-33(45)34(40-31)10-12-42(13-11-34)50(46,47)16-9-24-7-8-25(17-23(24)3)32(44)41-21-29(43)30(22-41)49-14-5-2/h4,7-8,17-20,29-30,43H,1,5-6,9-16,21-22H2,2-3H3,(H,39,40,45)/t29-,30-/m0/s1. The van der Waals surface area contributed by atoms with E-state index in [4.69, 9.17) is 9.47 Å². The molecule has 2 atom stereocenters. The van der Waals surface area contributed by atoms with Gasteiger partial charge in [-0.1, -0.05) is 19.1 Å². The summed E-state index contributed by atoms with van der Waals surface area (Å²) in [4.78, 5) is 32.3. The van der Waals surface area contributed by atoms with Crippen LogP contribution in [0.4, 0.5) is 13.2 Å². The van der Waals surface area contributed by atoms with Gasteiger partial charge in [-0.2, -0.15) is 13.2 Å². The van der Waals surface area contributed by atoms with E-state index in [2.05, 4.69) is 16.9 Å². The van der Waals surface area contributed by atoms with Crippen molar-refractivity contribution in [2.45, 2.75) is 69.9 Å². The number of sulfonamides is 1. The third kappa shape index (κ3) is 8.39. The number of benzene rings is 2. The van der Waals surface area contributed by atoms with Crippen LogP contribution in [0.25, 0.3) is 0 Å². The van der Waals surface area contributed by atoms with Gasteiger partial charge in [-0.15, -0.1) is 6.58 Å². The number of rotatable bonds is 13. The lowest BCUT2D eigenvalue weighted by atomic mass is 9.89. The third-order valence-corrected chi connectivity index (χ3v) is 11.2. The maximum absolute atomic E-state index is 13.7. The molecule has 2 fully saturated rings. The fraction of sp³-hybridized carbons (Fsp3) is 0.514. The number of ether oxygens (including phenoxy) is 2. The number of hydrogen-bond acceptors (Lipinski definition) is 8. The second-order valence-electron chi connectivity index (χ2n) is 12.9. The quantitative estimate of drug-likeness (QED) is 0.237. The summed E-state index contributed by atoms with van der Waals surface area (Å²) in [7, 11) is -3.74. The van der Waals surface area contributed by atoms with Crippen molar-refractivity contribution in [3.05, 3.63) is 76.9 Å². The first-order valence-corrected chi connectivity index (χ1v) is 18.3. The van der Waals surface area contributed by atoms with Crippen molar-refractivity contribution in [2.24, 2.45) is 4.99 Å². The van der Waals surface area contributed by atoms with E-state index >= 15 is 0 Å². The van der Waals surface area contributed by atoms with E-state index in [1.807, 2.05) is 13.8 Å². The molecule has 0 unspecified atom stereocenters. The van der Waals surface area contributed by atoms with E-state index in [1.54, 1.807) is 29.2 Å². The Labute approximate surface area is 290 Å². The second-order valence-corrected chi connectivity index (χ2v) is 15.0. The molecule has 2 aromatic carbocycles. The number of carbonyl (C=O) groups is 2. The number of carbonyl (C=O) groups excluding carboxylic acids is 2. The summed E-state index contributed by atoms with van der Waals surface area (Å²) in [6, 6.07) is 8.29. The molecule has 2 saturated heterocycles. The van der Waals surface area contributed by atoms with Crippen LogP contribution in [0.15, 0.2) is 54.0 Å².